The second-order valence-corrected chi connectivity index (χ2v) is 6.00. The third kappa shape index (κ3) is 2.39. The summed E-state index contributed by atoms with van der Waals surface area (Å²) in [6.07, 6.45) is -0.220. The SMILES string of the molecule is COCCC(O)n1c2ccccc2c2cc(C(=O)OC)sc21. The van der Waals surface area contributed by atoms with Crippen LogP contribution in [-0.4, -0.2) is 36.5 Å². The highest BCUT2D eigenvalue weighted by Crippen LogP contribution is 2.37. The Bertz CT molecular complexity index is 820. The van der Waals surface area contributed by atoms with Crippen LogP contribution in [0.5, 0.6) is 0 Å². The van der Waals surface area contributed by atoms with Crippen molar-refractivity contribution in [3.63, 3.8) is 0 Å². The van der Waals surface area contributed by atoms with E-state index in [4.69, 9.17) is 9.47 Å². The Morgan fingerprint density at radius 2 is 2.09 bits per heavy atom. The number of carbonyl (C=O) groups excluding carboxylic acids is 1. The van der Waals surface area contributed by atoms with Gasteiger partial charge in [-0.2, -0.15) is 0 Å². The van der Waals surface area contributed by atoms with Crippen LogP contribution in [0.15, 0.2) is 30.3 Å². The number of hydrogen-bond donors (Lipinski definition) is 1. The van der Waals surface area contributed by atoms with Crippen molar-refractivity contribution < 1.29 is 19.4 Å². The molecule has 0 spiro atoms. The fraction of sp³-hybridized carbons (Fsp3) is 0.312. The van der Waals surface area contributed by atoms with E-state index in [2.05, 4.69) is 0 Å². The zero-order valence-corrected chi connectivity index (χ0v) is 13.2. The average Bonchev–Trinajstić information content (AvgIpc) is 3.08. The molecule has 2 heterocycles. The summed E-state index contributed by atoms with van der Waals surface area (Å²) in [6, 6.07) is 9.67. The van der Waals surface area contributed by atoms with Crippen molar-refractivity contribution in [2.45, 2.75) is 12.6 Å². The van der Waals surface area contributed by atoms with Crippen LogP contribution in [0.25, 0.3) is 21.1 Å². The van der Waals surface area contributed by atoms with Gasteiger partial charge >= 0.3 is 5.97 Å². The van der Waals surface area contributed by atoms with Gasteiger partial charge in [-0.1, -0.05) is 18.2 Å². The van der Waals surface area contributed by atoms with Gasteiger partial charge in [0.25, 0.3) is 0 Å². The highest BCUT2D eigenvalue weighted by atomic mass is 32.1. The summed E-state index contributed by atoms with van der Waals surface area (Å²) in [7, 11) is 2.98. The molecule has 1 unspecified atom stereocenters. The molecule has 0 fully saturated rings. The van der Waals surface area contributed by atoms with Gasteiger partial charge in [0.15, 0.2) is 0 Å². The molecule has 0 aliphatic carbocycles. The van der Waals surface area contributed by atoms with Crippen molar-refractivity contribution in [3.8, 4) is 0 Å². The molecular formula is C16H17NO4S. The molecule has 22 heavy (non-hydrogen) atoms. The fourth-order valence-electron chi connectivity index (χ4n) is 2.62. The lowest BCUT2D eigenvalue weighted by Gasteiger charge is -2.14. The van der Waals surface area contributed by atoms with E-state index in [1.807, 2.05) is 34.9 Å². The number of thiophene rings is 1. The van der Waals surface area contributed by atoms with Crippen molar-refractivity contribution in [3.05, 3.63) is 35.2 Å². The molecule has 0 aliphatic rings. The van der Waals surface area contributed by atoms with E-state index in [1.165, 1.54) is 18.4 Å². The summed E-state index contributed by atoms with van der Waals surface area (Å²) in [5.74, 6) is -0.358. The normalized spacial score (nSPS) is 12.9. The molecule has 3 aromatic rings. The number of para-hydroxylation sites is 1. The van der Waals surface area contributed by atoms with Crippen LogP contribution >= 0.6 is 11.3 Å². The molecule has 1 atom stereocenters. The third-order valence-electron chi connectivity index (χ3n) is 3.65. The molecule has 5 nitrogen and oxygen atoms in total. The summed E-state index contributed by atoms with van der Waals surface area (Å²) < 4.78 is 11.7. The van der Waals surface area contributed by atoms with E-state index >= 15 is 0 Å². The van der Waals surface area contributed by atoms with Crippen molar-refractivity contribution in [2.24, 2.45) is 0 Å². The largest absolute Gasteiger partial charge is 0.465 e. The van der Waals surface area contributed by atoms with Crippen LogP contribution in [0.2, 0.25) is 0 Å². The highest BCUT2D eigenvalue weighted by Gasteiger charge is 2.20. The van der Waals surface area contributed by atoms with Crippen molar-refractivity contribution in [1.82, 2.24) is 4.57 Å². The van der Waals surface area contributed by atoms with Gasteiger partial charge in [0.1, 0.15) is 15.9 Å². The maximum absolute atomic E-state index is 11.8. The molecule has 0 saturated heterocycles. The van der Waals surface area contributed by atoms with Gasteiger partial charge in [-0.05, 0) is 12.1 Å². The lowest BCUT2D eigenvalue weighted by molar-refractivity contribution is 0.0605. The Labute approximate surface area is 131 Å². The van der Waals surface area contributed by atoms with Gasteiger partial charge in [0.2, 0.25) is 0 Å². The predicted molar refractivity (Wildman–Crippen MR) is 86.4 cm³/mol. The van der Waals surface area contributed by atoms with E-state index in [-0.39, 0.29) is 5.97 Å². The number of nitrogens with zero attached hydrogens (tertiary/aromatic N) is 1. The molecule has 3 rings (SSSR count). The molecule has 116 valence electrons. The van der Waals surface area contributed by atoms with Crippen molar-refractivity contribution in [1.29, 1.82) is 0 Å². The number of methoxy groups -OCH3 is 2. The first-order chi connectivity index (χ1) is 10.7. The second-order valence-electron chi connectivity index (χ2n) is 4.97. The van der Waals surface area contributed by atoms with E-state index < -0.39 is 6.23 Å². The quantitative estimate of drug-likeness (QED) is 0.734. The van der Waals surface area contributed by atoms with Crippen LogP contribution in [0.4, 0.5) is 0 Å². The van der Waals surface area contributed by atoms with Gasteiger partial charge in [-0.15, -0.1) is 11.3 Å². The second kappa shape index (κ2) is 6.08. The number of carbonyl (C=O) groups is 1. The van der Waals surface area contributed by atoms with Crippen LogP contribution in [0, 0.1) is 0 Å². The number of fused-ring (bicyclic) bond motifs is 3. The topological polar surface area (TPSA) is 60.7 Å². The van der Waals surface area contributed by atoms with E-state index in [0.29, 0.717) is 17.9 Å². The zero-order valence-electron chi connectivity index (χ0n) is 12.4. The summed E-state index contributed by atoms with van der Waals surface area (Å²) in [5.41, 5.74) is 0.948. The minimum Gasteiger partial charge on any atom is -0.465 e. The number of aliphatic hydroxyl groups is 1. The first-order valence-electron chi connectivity index (χ1n) is 6.95. The molecule has 0 bridgehead atoms. The summed E-state index contributed by atoms with van der Waals surface area (Å²) in [6.45, 7) is 0.463. The van der Waals surface area contributed by atoms with E-state index in [9.17, 15) is 9.90 Å². The van der Waals surface area contributed by atoms with Gasteiger partial charge in [0, 0.05) is 24.3 Å². The molecule has 0 saturated carbocycles. The number of ether oxygens (including phenoxy) is 2. The Morgan fingerprint density at radius 1 is 1.32 bits per heavy atom. The third-order valence-corrected chi connectivity index (χ3v) is 4.76. The van der Waals surface area contributed by atoms with Gasteiger partial charge < -0.3 is 19.1 Å². The number of aromatic nitrogens is 1. The lowest BCUT2D eigenvalue weighted by atomic mass is 10.2. The molecule has 1 N–H and O–H groups in total. The maximum atomic E-state index is 11.8. The van der Waals surface area contributed by atoms with Crippen LogP contribution in [0.1, 0.15) is 22.3 Å². The Hall–Kier alpha value is -1.89. The molecule has 0 amide bonds. The van der Waals surface area contributed by atoms with Gasteiger partial charge in [0.05, 0.1) is 19.2 Å². The minimum atomic E-state index is -0.702. The molecule has 0 aliphatic heterocycles. The number of hydrogen-bond acceptors (Lipinski definition) is 5. The monoisotopic (exact) mass is 319 g/mol. The van der Waals surface area contributed by atoms with Gasteiger partial charge in [-0.25, -0.2) is 4.79 Å². The molecule has 1 aromatic carbocycles. The number of esters is 1. The average molecular weight is 319 g/mol. The molecule has 6 heteroatoms. The first kappa shape index (κ1) is 15.0. The smallest absolute Gasteiger partial charge is 0.348 e. The molecule has 0 radical (unpaired) electrons. The summed E-state index contributed by atoms with van der Waals surface area (Å²) in [4.78, 5) is 13.2. The van der Waals surface area contributed by atoms with Crippen molar-refractivity contribution in [2.75, 3.05) is 20.8 Å². The minimum absolute atomic E-state index is 0.358. The van der Waals surface area contributed by atoms with Crippen LogP contribution in [-0.2, 0) is 9.47 Å². The summed E-state index contributed by atoms with van der Waals surface area (Å²) in [5, 5.41) is 12.5. The Balaban J connectivity index is 2.21. The van der Waals surface area contributed by atoms with E-state index in [1.54, 1.807) is 7.11 Å². The Morgan fingerprint density at radius 3 is 2.82 bits per heavy atom. The van der Waals surface area contributed by atoms with Crippen LogP contribution < -0.4 is 0 Å². The maximum Gasteiger partial charge on any atom is 0.348 e. The number of benzene rings is 1. The van der Waals surface area contributed by atoms with Crippen molar-refractivity contribution >= 4 is 38.4 Å². The highest BCUT2D eigenvalue weighted by molar-refractivity contribution is 7.20. The first-order valence-corrected chi connectivity index (χ1v) is 7.76. The predicted octanol–water partition coefficient (Wildman–Crippen LogP) is 3.17. The molecular weight excluding hydrogens is 302 g/mol. The fourth-order valence-corrected chi connectivity index (χ4v) is 3.77. The standard InChI is InChI=1S/C16H17NO4S/c1-20-8-7-14(18)17-12-6-4-3-5-10(12)11-9-13(16(19)21-2)22-15(11)17/h3-6,9,14,18H,7-8H2,1-2H3. The summed E-state index contributed by atoms with van der Waals surface area (Å²) >= 11 is 1.33. The van der Waals surface area contributed by atoms with E-state index in [0.717, 1.165) is 21.1 Å². The number of rotatable bonds is 5. The van der Waals surface area contributed by atoms with Crippen LogP contribution in [0.3, 0.4) is 0 Å². The molecule has 2 aromatic heterocycles. The van der Waals surface area contributed by atoms with Gasteiger partial charge in [-0.3, -0.25) is 0 Å². The zero-order chi connectivity index (χ0) is 15.7. The number of aliphatic hydroxyl groups excluding tert-OH is 1. The lowest BCUT2D eigenvalue weighted by Crippen LogP contribution is -2.09. The Kier molecular flexibility index (Phi) is 4.15.